The van der Waals surface area contributed by atoms with Crippen LogP contribution in [0.5, 0.6) is 0 Å². The van der Waals surface area contributed by atoms with E-state index < -0.39 is 29.7 Å². The van der Waals surface area contributed by atoms with Crippen molar-refractivity contribution in [3.8, 4) is 0 Å². The summed E-state index contributed by atoms with van der Waals surface area (Å²) >= 11 is 3.12. The van der Waals surface area contributed by atoms with Crippen molar-refractivity contribution in [3.05, 3.63) is 69.9 Å². The first kappa shape index (κ1) is 18.4. The summed E-state index contributed by atoms with van der Waals surface area (Å²) in [4.78, 5) is 25.3. The zero-order valence-electron chi connectivity index (χ0n) is 13.8. The van der Waals surface area contributed by atoms with E-state index in [-0.39, 0.29) is 24.2 Å². The first-order chi connectivity index (χ1) is 12.5. The first-order valence-corrected chi connectivity index (χ1v) is 8.88. The Morgan fingerprint density at radius 2 is 1.92 bits per heavy atom. The van der Waals surface area contributed by atoms with Gasteiger partial charge in [0.2, 0.25) is 0 Å². The lowest BCUT2D eigenvalue weighted by molar-refractivity contribution is -0.141. The number of amides is 1. The molecule has 1 N–H and O–H groups in total. The summed E-state index contributed by atoms with van der Waals surface area (Å²) in [5.74, 6) is -2.60. The highest BCUT2D eigenvalue weighted by molar-refractivity contribution is 9.10. The maximum absolute atomic E-state index is 13.5. The van der Waals surface area contributed by atoms with E-state index in [0.29, 0.717) is 5.56 Å². The highest BCUT2D eigenvalue weighted by Gasteiger charge is 2.41. The number of benzene rings is 2. The number of nitrogens with zero attached hydrogens (tertiary/aromatic N) is 1. The van der Waals surface area contributed by atoms with Crippen LogP contribution in [0.2, 0.25) is 0 Å². The summed E-state index contributed by atoms with van der Waals surface area (Å²) in [5, 5.41) is 9.51. The van der Waals surface area contributed by atoms with E-state index in [1.807, 2.05) is 30.3 Å². The second-order valence-corrected chi connectivity index (χ2v) is 7.02. The van der Waals surface area contributed by atoms with Gasteiger partial charge in [-0.15, -0.1) is 0 Å². The van der Waals surface area contributed by atoms with Crippen molar-refractivity contribution < 1.29 is 23.8 Å². The minimum atomic E-state index is -0.992. The molecule has 0 saturated carbocycles. The molecule has 1 aliphatic heterocycles. The smallest absolute Gasteiger partial charge is 0.410 e. The predicted octanol–water partition coefficient (Wildman–Crippen LogP) is 4.03. The van der Waals surface area contributed by atoms with Crippen LogP contribution in [-0.2, 0) is 16.1 Å². The van der Waals surface area contributed by atoms with Gasteiger partial charge in [-0.25, -0.2) is 9.18 Å². The van der Waals surface area contributed by atoms with E-state index in [0.717, 1.165) is 5.56 Å². The van der Waals surface area contributed by atoms with Gasteiger partial charge < -0.3 is 14.7 Å². The van der Waals surface area contributed by atoms with Crippen LogP contribution in [0.1, 0.15) is 17.0 Å². The van der Waals surface area contributed by atoms with Crippen molar-refractivity contribution in [2.45, 2.75) is 12.5 Å². The fourth-order valence-corrected chi connectivity index (χ4v) is 3.49. The average molecular weight is 422 g/mol. The van der Waals surface area contributed by atoms with E-state index >= 15 is 0 Å². The minimum absolute atomic E-state index is 0.0582. The molecule has 136 valence electrons. The number of carboxylic acids is 1. The predicted molar refractivity (Wildman–Crippen MR) is 96.2 cm³/mol. The van der Waals surface area contributed by atoms with Crippen molar-refractivity contribution in [2.24, 2.45) is 5.92 Å². The Balaban J connectivity index is 1.71. The van der Waals surface area contributed by atoms with Crippen LogP contribution in [0.3, 0.4) is 0 Å². The van der Waals surface area contributed by atoms with Crippen molar-refractivity contribution >= 4 is 28.0 Å². The van der Waals surface area contributed by atoms with Crippen LogP contribution in [0.25, 0.3) is 0 Å². The minimum Gasteiger partial charge on any atom is -0.481 e. The molecule has 1 aliphatic rings. The van der Waals surface area contributed by atoms with E-state index in [4.69, 9.17) is 4.74 Å². The van der Waals surface area contributed by atoms with Gasteiger partial charge in [-0.3, -0.25) is 4.79 Å². The zero-order valence-corrected chi connectivity index (χ0v) is 15.4. The van der Waals surface area contributed by atoms with Crippen molar-refractivity contribution in [2.75, 3.05) is 13.1 Å². The molecule has 2 aromatic rings. The number of carbonyl (C=O) groups is 2. The normalized spacial score (nSPS) is 19.4. The van der Waals surface area contributed by atoms with Gasteiger partial charge in [-0.1, -0.05) is 36.4 Å². The molecule has 7 heteroatoms. The summed E-state index contributed by atoms with van der Waals surface area (Å²) in [7, 11) is 0. The summed E-state index contributed by atoms with van der Waals surface area (Å²) in [6.45, 7) is 0.395. The third kappa shape index (κ3) is 4.04. The maximum Gasteiger partial charge on any atom is 0.410 e. The lowest BCUT2D eigenvalue weighted by Crippen LogP contribution is -2.30. The molecular weight excluding hydrogens is 405 g/mol. The van der Waals surface area contributed by atoms with Crippen LogP contribution in [0.15, 0.2) is 53.0 Å². The highest BCUT2D eigenvalue weighted by Crippen LogP contribution is 2.35. The number of ether oxygens (including phenoxy) is 1. The van der Waals surface area contributed by atoms with Gasteiger partial charge in [0.25, 0.3) is 0 Å². The summed E-state index contributed by atoms with van der Waals surface area (Å²) in [6.07, 6.45) is -0.552. The van der Waals surface area contributed by atoms with Crippen LogP contribution in [-0.4, -0.2) is 35.2 Å². The molecule has 2 unspecified atom stereocenters. The van der Waals surface area contributed by atoms with Gasteiger partial charge in [0.05, 0.1) is 10.4 Å². The average Bonchev–Trinajstić information content (AvgIpc) is 3.09. The fraction of sp³-hybridized carbons (Fsp3) is 0.263. The number of hydrogen-bond donors (Lipinski definition) is 1. The number of carbonyl (C=O) groups excluding carboxylic acids is 1. The number of likely N-dealkylation sites (tertiary alicyclic amines) is 1. The van der Waals surface area contributed by atoms with Gasteiger partial charge in [0.1, 0.15) is 12.4 Å². The highest BCUT2D eigenvalue weighted by atomic mass is 79.9. The number of carboxylic acid groups (broad SMARTS) is 1. The SMILES string of the molecule is O=C(O)C1CN(C(=O)OCc2ccccc2)CC1c1ccc(F)c(Br)c1. The Hall–Kier alpha value is -2.41. The third-order valence-electron chi connectivity index (χ3n) is 4.47. The number of rotatable bonds is 4. The second kappa shape index (κ2) is 7.86. The number of aliphatic carboxylic acids is 1. The molecule has 0 aromatic heterocycles. The first-order valence-electron chi connectivity index (χ1n) is 8.09. The van der Waals surface area contributed by atoms with Crippen LogP contribution in [0.4, 0.5) is 9.18 Å². The molecule has 1 fully saturated rings. The molecule has 3 rings (SSSR count). The molecule has 1 amide bonds. The molecule has 0 radical (unpaired) electrons. The van der Waals surface area contributed by atoms with E-state index in [9.17, 15) is 19.1 Å². The zero-order chi connectivity index (χ0) is 18.7. The summed E-state index contributed by atoms with van der Waals surface area (Å²) < 4.78 is 19.0. The van der Waals surface area contributed by atoms with Gasteiger partial charge in [-0.2, -0.15) is 0 Å². The summed E-state index contributed by atoms with van der Waals surface area (Å²) in [6, 6.07) is 13.7. The van der Waals surface area contributed by atoms with Gasteiger partial charge in [-0.05, 0) is 39.2 Å². The quantitative estimate of drug-likeness (QED) is 0.809. The van der Waals surface area contributed by atoms with Crippen LogP contribution in [0, 0.1) is 11.7 Å². The maximum atomic E-state index is 13.5. The molecule has 2 atom stereocenters. The number of hydrogen-bond acceptors (Lipinski definition) is 3. The molecular formula is C19H17BrFNO4. The Bertz CT molecular complexity index is 814. The monoisotopic (exact) mass is 421 g/mol. The van der Waals surface area contributed by atoms with E-state index in [1.165, 1.54) is 11.0 Å². The van der Waals surface area contributed by atoms with E-state index in [1.54, 1.807) is 12.1 Å². The second-order valence-electron chi connectivity index (χ2n) is 6.17. The molecule has 2 aromatic carbocycles. The fourth-order valence-electron chi connectivity index (χ4n) is 3.09. The Morgan fingerprint density at radius 1 is 1.19 bits per heavy atom. The van der Waals surface area contributed by atoms with Crippen molar-refractivity contribution in [1.29, 1.82) is 0 Å². The lowest BCUT2D eigenvalue weighted by atomic mass is 9.89. The van der Waals surface area contributed by atoms with Gasteiger partial charge in [0, 0.05) is 19.0 Å². The molecule has 0 aliphatic carbocycles. The standard InChI is InChI=1S/C19H17BrFNO4/c20-16-8-13(6-7-17(16)21)14-9-22(10-15(14)18(23)24)19(25)26-11-12-4-2-1-3-5-12/h1-8,14-15H,9-11H2,(H,23,24). The molecule has 0 spiro atoms. The molecule has 1 saturated heterocycles. The molecule has 1 heterocycles. The van der Waals surface area contributed by atoms with Crippen molar-refractivity contribution in [3.63, 3.8) is 0 Å². The third-order valence-corrected chi connectivity index (χ3v) is 5.08. The Morgan fingerprint density at radius 3 is 2.58 bits per heavy atom. The van der Waals surface area contributed by atoms with Gasteiger partial charge >= 0.3 is 12.1 Å². The van der Waals surface area contributed by atoms with E-state index in [2.05, 4.69) is 15.9 Å². The molecule has 26 heavy (non-hydrogen) atoms. The Labute approximate surface area is 158 Å². The molecule has 0 bridgehead atoms. The topological polar surface area (TPSA) is 66.8 Å². The van der Waals surface area contributed by atoms with Crippen molar-refractivity contribution in [1.82, 2.24) is 4.90 Å². The van der Waals surface area contributed by atoms with Gasteiger partial charge in [0.15, 0.2) is 0 Å². The van der Waals surface area contributed by atoms with Crippen LogP contribution < -0.4 is 0 Å². The van der Waals surface area contributed by atoms with Crippen LogP contribution >= 0.6 is 15.9 Å². The summed E-state index contributed by atoms with van der Waals surface area (Å²) in [5.41, 5.74) is 1.53. The Kier molecular flexibility index (Phi) is 5.56. The molecule has 5 nitrogen and oxygen atoms in total. The number of halogens is 2. The lowest BCUT2D eigenvalue weighted by Gasteiger charge is -2.16. The largest absolute Gasteiger partial charge is 0.481 e.